The Kier molecular flexibility index (Phi) is 5.39. The Morgan fingerprint density at radius 1 is 1.24 bits per heavy atom. The first kappa shape index (κ1) is 18.9. The molecule has 0 saturated heterocycles. The van der Waals surface area contributed by atoms with E-state index in [1.165, 1.54) is 11.3 Å². The van der Waals surface area contributed by atoms with E-state index in [0.29, 0.717) is 23.2 Å². The van der Waals surface area contributed by atoms with Gasteiger partial charge in [-0.25, -0.2) is 9.98 Å². The van der Waals surface area contributed by atoms with Crippen molar-refractivity contribution in [1.82, 2.24) is 10.3 Å². The SMILES string of the molecule is CCOc1ccccc1NC(=O)[C@H]1CC(=O)NC(Nc2nc3ccccc3s2)=N1. The van der Waals surface area contributed by atoms with Crippen molar-refractivity contribution in [3.63, 3.8) is 0 Å². The lowest BCUT2D eigenvalue weighted by Crippen LogP contribution is -2.45. The molecule has 0 bridgehead atoms. The van der Waals surface area contributed by atoms with E-state index in [0.717, 1.165) is 10.2 Å². The summed E-state index contributed by atoms with van der Waals surface area (Å²) in [6.45, 7) is 2.35. The zero-order valence-electron chi connectivity index (χ0n) is 15.6. The quantitative estimate of drug-likeness (QED) is 0.601. The van der Waals surface area contributed by atoms with Crippen LogP contribution in [0.3, 0.4) is 0 Å². The number of ether oxygens (including phenoxy) is 1. The first-order chi connectivity index (χ1) is 14.1. The largest absolute Gasteiger partial charge is 0.492 e. The van der Waals surface area contributed by atoms with E-state index in [1.54, 1.807) is 18.2 Å². The summed E-state index contributed by atoms with van der Waals surface area (Å²) in [6, 6.07) is 14.0. The molecule has 2 amide bonds. The molecule has 0 spiro atoms. The number of guanidine groups is 1. The molecular formula is C20H19N5O3S. The number of nitrogens with one attached hydrogen (secondary N) is 3. The van der Waals surface area contributed by atoms with Crippen molar-refractivity contribution in [2.24, 2.45) is 4.99 Å². The molecule has 3 N–H and O–H groups in total. The van der Waals surface area contributed by atoms with Crippen LogP contribution in [0.25, 0.3) is 10.2 Å². The van der Waals surface area contributed by atoms with Crippen LogP contribution in [0.4, 0.5) is 10.8 Å². The molecule has 0 radical (unpaired) electrons. The highest BCUT2D eigenvalue weighted by Gasteiger charge is 2.28. The summed E-state index contributed by atoms with van der Waals surface area (Å²) < 4.78 is 6.54. The number of carbonyl (C=O) groups is 2. The Morgan fingerprint density at radius 2 is 2.03 bits per heavy atom. The highest BCUT2D eigenvalue weighted by Crippen LogP contribution is 2.26. The van der Waals surface area contributed by atoms with E-state index in [-0.39, 0.29) is 24.2 Å². The number of hydrogen-bond donors (Lipinski definition) is 3. The third-order valence-corrected chi connectivity index (χ3v) is 5.14. The molecule has 0 fully saturated rings. The Morgan fingerprint density at radius 3 is 2.86 bits per heavy atom. The molecule has 8 nitrogen and oxygen atoms in total. The smallest absolute Gasteiger partial charge is 0.249 e. The number of nitrogens with zero attached hydrogens (tertiary/aromatic N) is 2. The summed E-state index contributed by atoms with van der Waals surface area (Å²) in [6.07, 6.45) is -0.0341. The minimum atomic E-state index is -0.852. The topological polar surface area (TPSA) is 105 Å². The minimum absolute atomic E-state index is 0.0341. The Hall–Kier alpha value is -3.46. The van der Waals surface area contributed by atoms with E-state index >= 15 is 0 Å². The average Bonchev–Trinajstić information content (AvgIpc) is 3.11. The number of benzene rings is 2. The van der Waals surface area contributed by atoms with Crippen molar-refractivity contribution < 1.29 is 14.3 Å². The Balaban J connectivity index is 1.51. The molecule has 29 heavy (non-hydrogen) atoms. The fourth-order valence-corrected chi connectivity index (χ4v) is 3.77. The second kappa shape index (κ2) is 8.27. The van der Waals surface area contributed by atoms with Crippen molar-refractivity contribution in [2.45, 2.75) is 19.4 Å². The summed E-state index contributed by atoms with van der Waals surface area (Å²) >= 11 is 1.44. The fourth-order valence-electron chi connectivity index (χ4n) is 2.90. The lowest BCUT2D eigenvalue weighted by molar-refractivity contribution is -0.124. The number of aliphatic imine (C=N–C) groups is 1. The number of carbonyl (C=O) groups excluding carboxylic acids is 2. The zero-order valence-corrected chi connectivity index (χ0v) is 16.5. The molecule has 0 aliphatic carbocycles. The molecule has 4 rings (SSSR count). The van der Waals surface area contributed by atoms with Gasteiger partial charge in [-0.05, 0) is 31.2 Å². The second-order valence-electron chi connectivity index (χ2n) is 6.28. The van der Waals surface area contributed by atoms with Gasteiger partial charge in [0, 0.05) is 0 Å². The molecule has 1 atom stereocenters. The standard InChI is InChI=1S/C20H19N5O3S/c1-2-28-15-9-5-3-7-12(15)21-18(27)14-11-17(26)24-19(22-14)25-20-23-13-8-4-6-10-16(13)29-20/h3-10,14H,2,11H2,1H3,(H,21,27)(H2,22,23,24,25,26)/t14-/m1/s1. The average molecular weight is 409 g/mol. The van der Waals surface area contributed by atoms with Gasteiger partial charge in [0.05, 0.1) is 28.9 Å². The number of rotatable bonds is 5. The van der Waals surface area contributed by atoms with Gasteiger partial charge in [0.15, 0.2) is 5.13 Å². The number of anilines is 2. The van der Waals surface area contributed by atoms with Crippen molar-refractivity contribution in [1.29, 1.82) is 0 Å². The number of hydrogen-bond acceptors (Lipinski definition) is 7. The van der Waals surface area contributed by atoms with Crippen molar-refractivity contribution in [3.8, 4) is 5.75 Å². The van der Waals surface area contributed by atoms with E-state index in [9.17, 15) is 9.59 Å². The van der Waals surface area contributed by atoms with Gasteiger partial charge in [-0.1, -0.05) is 35.6 Å². The van der Waals surface area contributed by atoms with Crippen LogP contribution in [-0.4, -0.2) is 35.4 Å². The number of amides is 2. The first-order valence-corrected chi connectivity index (χ1v) is 9.97. The van der Waals surface area contributed by atoms with Gasteiger partial charge in [0.2, 0.25) is 17.8 Å². The van der Waals surface area contributed by atoms with E-state index in [1.807, 2.05) is 37.3 Å². The predicted octanol–water partition coefficient (Wildman–Crippen LogP) is 2.99. The molecule has 148 valence electrons. The molecule has 1 aliphatic heterocycles. The molecule has 0 saturated carbocycles. The van der Waals surface area contributed by atoms with Gasteiger partial charge in [-0.2, -0.15) is 0 Å². The highest BCUT2D eigenvalue weighted by atomic mass is 32.1. The minimum Gasteiger partial charge on any atom is -0.492 e. The number of thiazole rings is 1. The van der Waals surface area contributed by atoms with Crippen molar-refractivity contribution in [2.75, 3.05) is 17.2 Å². The summed E-state index contributed by atoms with van der Waals surface area (Å²) in [5.74, 6) is 0.108. The summed E-state index contributed by atoms with van der Waals surface area (Å²) in [7, 11) is 0. The van der Waals surface area contributed by atoms with Crippen molar-refractivity contribution in [3.05, 3.63) is 48.5 Å². The van der Waals surface area contributed by atoms with Gasteiger partial charge in [0.25, 0.3) is 0 Å². The van der Waals surface area contributed by atoms with Crippen LogP contribution in [0.2, 0.25) is 0 Å². The summed E-state index contributed by atoms with van der Waals surface area (Å²) in [5, 5.41) is 9.04. The van der Waals surface area contributed by atoms with Gasteiger partial charge in [0.1, 0.15) is 11.8 Å². The molecular weight excluding hydrogens is 390 g/mol. The maximum Gasteiger partial charge on any atom is 0.249 e. The number of fused-ring (bicyclic) bond motifs is 1. The number of aromatic nitrogens is 1. The van der Waals surface area contributed by atoms with Crippen LogP contribution in [0.5, 0.6) is 5.75 Å². The Labute approximate surface area is 171 Å². The fraction of sp³-hybridized carbons (Fsp3) is 0.200. The monoisotopic (exact) mass is 409 g/mol. The maximum atomic E-state index is 12.7. The van der Waals surface area contributed by atoms with E-state index in [4.69, 9.17) is 4.74 Å². The maximum absolute atomic E-state index is 12.7. The van der Waals surface area contributed by atoms with Crippen LogP contribution in [-0.2, 0) is 9.59 Å². The first-order valence-electron chi connectivity index (χ1n) is 9.15. The molecule has 3 aromatic rings. The van der Waals surface area contributed by atoms with Crippen LogP contribution in [0, 0.1) is 0 Å². The normalized spacial score (nSPS) is 16.1. The van der Waals surface area contributed by atoms with E-state index in [2.05, 4.69) is 25.9 Å². The molecule has 2 heterocycles. The molecule has 9 heteroatoms. The van der Waals surface area contributed by atoms with Gasteiger partial charge < -0.3 is 15.4 Å². The summed E-state index contributed by atoms with van der Waals surface area (Å²) in [5.41, 5.74) is 1.39. The molecule has 2 aromatic carbocycles. The van der Waals surface area contributed by atoms with Crippen molar-refractivity contribution >= 4 is 50.1 Å². The predicted molar refractivity (Wildman–Crippen MR) is 113 cm³/mol. The van der Waals surface area contributed by atoms with Crippen LogP contribution in [0.1, 0.15) is 13.3 Å². The Bertz CT molecular complexity index is 1060. The lowest BCUT2D eigenvalue weighted by Gasteiger charge is -2.21. The van der Waals surface area contributed by atoms with Crippen LogP contribution in [0.15, 0.2) is 53.5 Å². The lowest BCUT2D eigenvalue weighted by atomic mass is 10.1. The summed E-state index contributed by atoms with van der Waals surface area (Å²) in [4.78, 5) is 33.6. The van der Waals surface area contributed by atoms with Gasteiger partial charge >= 0.3 is 0 Å². The molecule has 1 aliphatic rings. The van der Waals surface area contributed by atoms with Gasteiger partial charge in [-0.15, -0.1) is 0 Å². The number of para-hydroxylation sites is 3. The van der Waals surface area contributed by atoms with E-state index < -0.39 is 6.04 Å². The van der Waals surface area contributed by atoms with Crippen LogP contribution < -0.4 is 20.7 Å². The zero-order chi connectivity index (χ0) is 20.2. The highest BCUT2D eigenvalue weighted by molar-refractivity contribution is 7.22. The third kappa shape index (κ3) is 4.35. The third-order valence-electron chi connectivity index (χ3n) is 4.19. The second-order valence-corrected chi connectivity index (χ2v) is 7.31. The molecule has 0 unspecified atom stereocenters. The van der Waals surface area contributed by atoms with Crippen LogP contribution >= 0.6 is 11.3 Å². The molecule has 1 aromatic heterocycles. The van der Waals surface area contributed by atoms with Gasteiger partial charge in [-0.3, -0.25) is 14.9 Å².